The fourth-order valence-corrected chi connectivity index (χ4v) is 7.31. The number of ether oxygens (including phenoxy) is 5. The molecule has 3 aliphatic heterocycles. The van der Waals surface area contributed by atoms with Crippen LogP contribution in [0.25, 0.3) is 5.57 Å². The molecular formula is C42H60N2O10. The van der Waals surface area contributed by atoms with Crippen LogP contribution in [0.5, 0.6) is 0 Å². The van der Waals surface area contributed by atoms with Crippen molar-refractivity contribution < 1.29 is 48.3 Å². The number of aromatic nitrogens is 1. The summed E-state index contributed by atoms with van der Waals surface area (Å²) in [5.41, 5.74) is 1.07. The number of nitrogens with zero attached hydrogens (tertiary/aromatic N) is 2. The summed E-state index contributed by atoms with van der Waals surface area (Å²) < 4.78 is 29.5. The maximum absolute atomic E-state index is 13.7. The number of esters is 2. The lowest BCUT2D eigenvalue weighted by Gasteiger charge is -2.32. The lowest BCUT2D eigenvalue weighted by molar-refractivity contribution is -0.157. The molecule has 0 bridgehead atoms. The summed E-state index contributed by atoms with van der Waals surface area (Å²) in [4.78, 5) is 44.7. The summed E-state index contributed by atoms with van der Waals surface area (Å²) in [7, 11) is 1.70. The van der Waals surface area contributed by atoms with Gasteiger partial charge in [-0.2, -0.15) is 0 Å². The molecule has 0 aromatic carbocycles. The topological polar surface area (TPSA) is 157 Å². The molecule has 0 aliphatic carbocycles. The number of aliphatic hydroxyl groups excluding tert-OH is 1. The van der Waals surface area contributed by atoms with Crippen LogP contribution in [-0.2, 0) is 33.3 Å². The summed E-state index contributed by atoms with van der Waals surface area (Å²) in [6.07, 6.45) is 10.2. The van der Waals surface area contributed by atoms with Gasteiger partial charge in [0.25, 0.3) is 0 Å². The van der Waals surface area contributed by atoms with Crippen molar-refractivity contribution in [2.45, 2.75) is 129 Å². The maximum Gasteiger partial charge on any atom is 0.410 e. The van der Waals surface area contributed by atoms with Crippen LogP contribution in [0.3, 0.4) is 0 Å². The highest BCUT2D eigenvalue weighted by Gasteiger charge is 2.53. The lowest BCUT2D eigenvalue weighted by Crippen LogP contribution is -2.42. The van der Waals surface area contributed by atoms with Crippen LogP contribution in [0.1, 0.15) is 86.3 Å². The Morgan fingerprint density at radius 3 is 2.61 bits per heavy atom. The summed E-state index contributed by atoms with van der Waals surface area (Å²) in [5, 5.41) is 21.7. The van der Waals surface area contributed by atoms with E-state index in [1.807, 2.05) is 57.2 Å². The van der Waals surface area contributed by atoms with Crippen LogP contribution < -0.4 is 0 Å². The van der Waals surface area contributed by atoms with Crippen LogP contribution >= 0.6 is 0 Å². The second kappa shape index (κ2) is 19.7. The van der Waals surface area contributed by atoms with Crippen LogP contribution in [0, 0.1) is 17.8 Å². The number of carbonyl (C=O) groups excluding carboxylic acids is 3. The average Bonchev–Trinajstić information content (AvgIpc) is 3.94. The first-order valence-electron chi connectivity index (χ1n) is 19.2. The second-order valence-corrected chi connectivity index (χ2v) is 15.2. The molecule has 4 heterocycles. The molecule has 0 spiro atoms. The third-order valence-corrected chi connectivity index (χ3v) is 10.7. The molecule has 2 N–H and O–H groups in total. The normalized spacial score (nSPS) is 31.1. The Kier molecular flexibility index (Phi) is 15.6. The molecule has 1 aromatic heterocycles. The highest BCUT2D eigenvalue weighted by Crippen LogP contribution is 2.39. The summed E-state index contributed by atoms with van der Waals surface area (Å²) >= 11 is 0. The molecule has 1 fully saturated rings. The number of cyclic esters (lactones) is 1. The zero-order chi connectivity index (χ0) is 39.6. The monoisotopic (exact) mass is 752 g/mol. The van der Waals surface area contributed by atoms with E-state index < -0.39 is 48.0 Å². The minimum atomic E-state index is -1.46. The standard InChI is InChI=1S/C42H60N2O10/c1-9-34(50-8)29(5)39-40(53-39)38(54-41(48)44-23-13-16-31(25-44)33-17-10-11-22-43-33)27(3)15-12-14-26(2)37-28(4)18-19-35(51-30(6)45)42(7,49)21-20-32(46)24-36(47)52-37/h10-12,14-19,22,27-29,32,34-35,37-40,46,49H,9,13,20-21,23-25H2,1-8H3/b15-12+,19-18+,26-14+. The van der Waals surface area contributed by atoms with Gasteiger partial charge in [-0.05, 0) is 68.9 Å². The van der Waals surface area contributed by atoms with Gasteiger partial charge >= 0.3 is 18.0 Å². The molecular weight excluding hydrogens is 692 g/mol. The second-order valence-electron chi connectivity index (χ2n) is 15.2. The minimum absolute atomic E-state index is 0.00202. The van der Waals surface area contributed by atoms with Crippen LogP contribution in [0.15, 0.2) is 66.4 Å². The number of hydrogen-bond acceptors (Lipinski definition) is 11. The molecule has 12 heteroatoms. The van der Waals surface area contributed by atoms with E-state index >= 15 is 0 Å². The molecule has 1 aromatic rings. The molecule has 4 rings (SSSR count). The van der Waals surface area contributed by atoms with Gasteiger partial charge in [-0.1, -0.05) is 64.1 Å². The summed E-state index contributed by atoms with van der Waals surface area (Å²) in [5.74, 6) is -1.65. The zero-order valence-electron chi connectivity index (χ0n) is 33.1. The largest absolute Gasteiger partial charge is 0.457 e. The van der Waals surface area contributed by atoms with Gasteiger partial charge in [-0.3, -0.25) is 14.6 Å². The SMILES string of the molecule is CCC(OC)C(C)C1OC1C(OC(=O)N1CCC=C(c2ccccn2)C1)C(C)/C=C/C=C(\C)C1OC(=O)CC(O)CCC(C)(O)C(OC(C)=O)/C=C/C1C. The molecule has 0 radical (unpaired) electrons. The van der Waals surface area contributed by atoms with Gasteiger partial charge in [0, 0.05) is 44.5 Å². The van der Waals surface area contributed by atoms with Crippen molar-refractivity contribution in [2.75, 3.05) is 20.2 Å². The molecule has 1 amide bonds. The first-order valence-corrected chi connectivity index (χ1v) is 19.2. The maximum atomic E-state index is 13.7. The Morgan fingerprint density at radius 1 is 1.19 bits per heavy atom. The first kappa shape index (κ1) is 42.9. The van der Waals surface area contributed by atoms with Gasteiger partial charge in [0.05, 0.1) is 37.0 Å². The predicted molar refractivity (Wildman–Crippen MR) is 204 cm³/mol. The van der Waals surface area contributed by atoms with Gasteiger partial charge in [-0.25, -0.2) is 4.79 Å². The highest BCUT2D eigenvalue weighted by molar-refractivity contribution is 5.74. The van der Waals surface area contributed by atoms with E-state index in [1.54, 1.807) is 37.3 Å². The van der Waals surface area contributed by atoms with Crippen molar-refractivity contribution in [2.24, 2.45) is 17.8 Å². The molecule has 11 atom stereocenters. The predicted octanol–water partition coefficient (Wildman–Crippen LogP) is 5.97. The van der Waals surface area contributed by atoms with Gasteiger partial charge in [0.1, 0.15) is 30.0 Å². The van der Waals surface area contributed by atoms with Crippen molar-refractivity contribution in [3.8, 4) is 0 Å². The highest BCUT2D eigenvalue weighted by atomic mass is 16.6. The Morgan fingerprint density at radius 2 is 1.94 bits per heavy atom. The van der Waals surface area contributed by atoms with Crippen molar-refractivity contribution in [1.29, 1.82) is 0 Å². The first-order chi connectivity index (χ1) is 25.6. The van der Waals surface area contributed by atoms with Crippen LogP contribution in [-0.4, -0.2) is 107 Å². The van der Waals surface area contributed by atoms with E-state index in [2.05, 4.69) is 24.9 Å². The molecule has 298 valence electrons. The van der Waals surface area contributed by atoms with E-state index in [0.717, 1.165) is 23.3 Å². The third kappa shape index (κ3) is 11.8. The molecule has 3 aliphatic rings. The Bertz CT molecular complexity index is 1530. The fourth-order valence-electron chi connectivity index (χ4n) is 7.31. The van der Waals surface area contributed by atoms with Crippen molar-refractivity contribution in [3.63, 3.8) is 0 Å². The number of aliphatic hydroxyl groups is 2. The van der Waals surface area contributed by atoms with Gasteiger partial charge in [0.2, 0.25) is 0 Å². The molecule has 11 unspecified atom stereocenters. The third-order valence-electron chi connectivity index (χ3n) is 10.7. The molecule has 0 saturated carbocycles. The number of methoxy groups -OCH3 is 1. The van der Waals surface area contributed by atoms with E-state index in [0.29, 0.717) is 19.5 Å². The van der Waals surface area contributed by atoms with E-state index in [-0.39, 0.29) is 55.3 Å². The average molecular weight is 753 g/mol. The fraction of sp³-hybridized carbons (Fsp3) is 0.619. The quantitative estimate of drug-likeness (QED) is 0.0852. The number of epoxide rings is 1. The minimum Gasteiger partial charge on any atom is -0.457 e. The molecule has 1 saturated heterocycles. The van der Waals surface area contributed by atoms with Crippen molar-refractivity contribution >= 4 is 23.6 Å². The number of rotatable bonds is 12. The lowest BCUT2D eigenvalue weighted by atomic mass is 9.88. The van der Waals surface area contributed by atoms with Crippen LogP contribution in [0.4, 0.5) is 4.79 Å². The number of allylic oxidation sites excluding steroid dienone is 2. The van der Waals surface area contributed by atoms with Gasteiger partial charge in [0.15, 0.2) is 0 Å². The van der Waals surface area contributed by atoms with Crippen LogP contribution in [0.2, 0.25) is 0 Å². The van der Waals surface area contributed by atoms with Gasteiger partial charge < -0.3 is 38.8 Å². The Hall–Kier alpha value is -3.84. The smallest absolute Gasteiger partial charge is 0.410 e. The number of carbonyl (C=O) groups is 3. The Labute approximate surface area is 320 Å². The van der Waals surface area contributed by atoms with E-state index in [9.17, 15) is 24.6 Å². The van der Waals surface area contributed by atoms with Gasteiger partial charge in [-0.15, -0.1) is 0 Å². The number of hydrogen-bond donors (Lipinski definition) is 2. The molecule has 54 heavy (non-hydrogen) atoms. The van der Waals surface area contributed by atoms with Crippen molar-refractivity contribution in [3.05, 3.63) is 72.1 Å². The number of amides is 1. The van der Waals surface area contributed by atoms with Crippen molar-refractivity contribution in [1.82, 2.24) is 9.88 Å². The van der Waals surface area contributed by atoms with E-state index in [1.165, 1.54) is 6.92 Å². The zero-order valence-corrected chi connectivity index (χ0v) is 33.1. The Balaban J connectivity index is 1.54. The van der Waals surface area contributed by atoms with E-state index in [4.69, 9.17) is 23.7 Å². The molecule has 12 nitrogen and oxygen atoms in total. The number of pyridine rings is 1. The summed E-state index contributed by atoms with van der Waals surface area (Å²) in [6.45, 7) is 13.6. The summed E-state index contributed by atoms with van der Waals surface area (Å²) in [6, 6.07) is 5.72.